The highest BCUT2D eigenvalue weighted by atomic mass is 19.1. The molecule has 0 saturated carbocycles. The first-order valence-electron chi connectivity index (χ1n) is 12.3. The normalized spacial score (nSPS) is 14.7. The Hall–Kier alpha value is -3.78. The van der Waals surface area contributed by atoms with Gasteiger partial charge < -0.3 is 19.5 Å². The molecule has 0 bridgehead atoms. The van der Waals surface area contributed by atoms with Crippen molar-refractivity contribution in [2.75, 3.05) is 31.2 Å². The molecule has 1 fully saturated rings. The third kappa shape index (κ3) is 5.54. The number of imidazole rings is 1. The number of ether oxygens (including phenoxy) is 1. The van der Waals surface area contributed by atoms with Gasteiger partial charge in [-0.3, -0.25) is 4.79 Å². The smallest absolute Gasteiger partial charge is 0.220 e. The predicted molar refractivity (Wildman–Crippen MR) is 137 cm³/mol. The molecule has 1 atom stereocenters. The number of carbonyl (C=O) groups is 1. The van der Waals surface area contributed by atoms with E-state index < -0.39 is 0 Å². The molecule has 7 nitrogen and oxygen atoms in total. The van der Waals surface area contributed by atoms with Crippen LogP contribution in [0.4, 0.5) is 10.1 Å². The van der Waals surface area contributed by atoms with E-state index in [-0.39, 0.29) is 17.8 Å². The lowest BCUT2D eigenvalue weighted by Gasteiger charge is -2.29. The second kappa shape index (κ2) is 10.9. The van der Waals surface area contributed by atoms with Gasteiger partial charge in [0, 0.05) is 37.8 Å². The number of fused-ring (bicyclic) bond motifs is 1. The van der Waals surface area contributed by atoms with Crippen LogP contribution < -0.4 is 10.2 Å². The Balaban J connectivity index is 1.23. The Morgan fingerprint density at radius 2 is 1.83 bits per heavy atom. The van der Waals surface area contributed by atoms with Crippen LogP contribution in [-0.2, 0) is 22.5 Å². The summed E-state index contributed by atoms with van der Waals surface area (Å²) in [6, 6.07) is 18.4. The van der Waals surface area contributed by atoms with Crippen LogP contribution in [0.25, 0.3) is 11.2 Å². The van der Waals surface area contributed by atoms with E-state index in [0.29, 0.717) is 19.4 Å². The second-order valence-corrected chi connectivity index (χ2v) is 9.07. The molecule has 2 aromatic heterocycles. The van der Waals surface area contributed by atoms with Crippen molar-refractivity contribution in [1.29, 1.82) is 0 Å². The van der Waals surface area contributed by atoms with Crippen molar-refractivity contribution in [2.24, 2.45) is 0 Å². The van der Waals surface area contributed by atoms with E-state index in [4.69, 9.17) is 9.72 Å². The van der Waals surface area contributed by atoms with Gasteiger partial charge >= 0.3 is 0 Å². The second-order valence-electron chi connectivity index (χ2n) is 9.07. The summed E-state index contributed by atoms with van der Waals surface area (Å²) < 4.78 is 20.8. The van der Waals surface area contributed by atoms with E-state index in [1.807, 2.05) is 23.6 Å². The van der Waals surface area contributed by atoms with Gasteiger partial charge in [-0.05, 0) is 54.4 Å². The van der Waals surface area contributed by atoms with E-state index in [2.05, 4.69) is 39.5 Å². The summed E-state index contributed by atoms with van der Waals surface area (Å²) in [5.74, 6) is 0.480. The molecule has 3 heterocycles. The minimum absolute atomic E-state index is 0.0342. The number of hydrogen-bond donors (Lipinski definition) is 1. The number of halogens is 1. The Kier molecular flexibility index (Phi) is 7.23. The SMILES string of the molecule is C[C@H](NC(=O)CCc1nc2cccnc2n1Cc1ccc(F)cc1)c1ccc(N2CCOCC2)cc1. The molecule has 2 aromatic carbocycles. The first-order chi connectivity index (χ1) is 17.6. The molecule has 1 aliphatic heterocycles. The van der Waals surface area contributed by atoms with Crippen molar-refractivity contribution in [1.82, 2.24) is 19.9 Å². The fourth-order valence-electron chi connectivity index (χ4n) is 4.55. The number of aromatic nitrogens is 3. The Bertz CT molecular complexity index is 1310. The molecule has 1 amide bonds. The van der Waals surface area contributed by atoms with Gasteiger partial charge in [0.25, 0.3) is 0 Å². The number of pyridine rings is 1. The number of nitrogens with one attached hydrogen (secondary N) is 1. The molecule has 8 heteroatoms. The number of carbonyl (C=O) groups excluding carboxylic acids is 1. The van der Waals surface area contributed by atoms with E-state index in [9.17, 15) is 9.18 Å². The molecule has 5 rings (SSSR count). The summed E-state index contributed by atoms with van der Waals surface area (Å²) in [6.45, 7) is 5.80. The average Bonchev–Trinajstić information content (AvgIpc) is 3.26. The van der Waals surface area contributed by atoms with Crippen LogP contribution in [0.3, 0.4) is 0 Å². The number of hydrogen-bond acceptors (Lipinski definition) is 5. The summed E-state index contributed by atoms with van der Waals surface area (Å²) in [6.07, 6.45) is 2.52. The van der Waals surface area contributed by atoms with Crippen LogP contribution in [0.1, 0.15) is 36.3 Å². The summed E-state index contributed by atoms with van der Waals surface area (Å²) in [7, 11) is 0. The molecule has 4 aromatic rings. The van der Waals surface area contributed by atoms with E-state index >= 15 is 0 Å². The fourth-order valence-corrected chi connectivity index (χ4v) is 4.55. The van der Waals surface area contributed by atoms with Crippen molar-refractivity contribution in [2.45, 2.75) is 32.4 Å². The Morgan fingerprint density at radius 1 is 1.08 bits per heavy atom. The highest BCUT2D eigenvalue weighted by molar-refractivity contribution is 5.77. The van der Waals surface area contributed by atoms with Crippen LogP contribution >= 0.6 is 0 Å². The average molecular weight is 488 g/mol. The molecule has 0 radical (unpaired) electrons. The summed E-state index contributed by atoms with van der Waals surface area (Å²) in [4.78, 5) is 24.3. The number of nitrogens with zero attached hydrogens (tertiary/aromatic N) is 4. The number of rotatable bonds is 8. The van der Waals surface area contributed by atoms with Crippen LogP contribution in [0, 0.1) is 5.82 Å². The van der Waals surface area contributed by atoms with Gasteiger partial charge in [0.2, 0.25) is 5.91 Å². The minimum Gasteiger partial charge on any atom is -0.378 e. The van der Waals surface area contributed by atoms with E-state index in [1.165, 1.54) is 17.8 Å². The van der Waals surface area contributed by atoms with Crippen LogP contribution in [0.5, 0.6) is 0 Å². The molecule has 1 N–H and O–H groups in total. The number of morpholine rings is 1. The molecule has 1 saturated heterocycles. The monoisotopic (exact) mass is 487 g/mol. The van der Waals surface area contributed by atoms with Crippen LogP contribution in [0.2, 0.25) is 0 Å². The van der Waals surface area contributed by atoms with Crippen molar-refractivity contribution < 1.29 is 13.9 Å². The standard InChI is InChI=1S/C28H30FN5O2/c1-20(22-6-10-24(11-7-22)33-15-17-36-18-16-33)31-27(35)13-12-26-32-25-3-2-14-30-28(25)34(26)19-21-4-8-23(29)9-5-21/h2-11,14,20H,12-13,15-19H2,1H3,(H,31,35)/t20-/m0/s1. The topological polar surface area (TPSA) is 72.3 Å². The van der Waals surface area contributed by atoms with Gasteiger partial charge in [-0.25, -0.2) is 14.4 Å². The Morgan fingerprint density at radius 3 is 2.58 bits per heavy atom. The lowest BCUT2D eigenvalue weighted by molar-refractivity contribution is -0.121. The zero-order valence-electron chi connectivity index (χ0n) is 20.4. The largest absolute Gasteiger partial charge is 0.378 e. The van der Waals surface area contributed by atoms with Crippen molar-refractivity contribution in [3.05, 3.63) is 89.6 Å². The maximum absolute atomic E-state index is 13.4. The first-order valence-corrected chi connectivity index (χ1v) is 12.3. The maximum Gasteiger partial charge on any atom is 0.220 e. The highest BCUT2D eigenvalue weighted by Crippen LogP contribution is 2.21. The molecule has 36 heavy (non-hydrogen) atoms. The maximum atomic E-state index is 13.4. The van der Waals surface area contributed by atoms with Gasteiger partial charge in [-0.1, -0.05) is 24.3 Å². The summed E-state index contributed by atoms with van der Waals surface area (Å²) in [5, 5.41) is 3.11. The van der Waals surface area contributed by atoms with Crippen molar-refractivity contribution in [3.8, 4) is 0 Å². The molecule has 0 aliphatic carbocycles. The third-order valence-electron chi connectivity index (χ3n) is 6.56. The van der Waals surface area contributed by atoms with Crippen LogP contribution in [0.15, 0.2) is 66.9 Å². The van der Waals surface area contributed by atoms with E-state index in [1.54, 1.807) is 18.3 Å². The molecular formula is C28H30FN5O2. The third-order valence-corrected chi connectivity index (χ3v) is 6.56. The lowest BCUT2D eigenvalue weighted by Crippen LogP contribution is -2.36. The highest BCUT2D eigenvalue weighted by Gasteiger charge is 2.16. The number of anilines is 1. The lowest BCUT2D eigenvalue weighted by atomic mass is 10.1. The fraction of sp³-hybridized carbons (Fsp3) is 0.321. The molecule has 0 spiro atoms. The molecular weight excluding hydrogens is 457 g/mol. The quantitative estimate of drug-likeness (QED) is 0.402. The van der Waals surface area contributed by atoms with Crippen molar-refractivity contribution >= 4 is 22.8 Å². The minimum atomic E-state index is -0.269. The van der Waals surface area contributed by atoms with Gasteiger partial charge in [0.15, 0.2) is 5.65 Å². The first kappa shape index (κ1) is 23.9. The number of aryl methyl sites for hydroxylation is 1. The zero-order chi connectivity index (χ0) is 24.9. The van der Waals surface area contributed by atoms with Gasteiger partial charge in [-0.2, -0.15) is 0 Å². The molecule has 0 unspecified atom stereocenters. The predicted octanol–water partition coefficient (Wildman–Crippen LogP) is 4.27. The zero-order valence-corrected chi connectivity index (χ0v) is 20.4. The summed E-state index contributed by atoms with van der Waals surface area (Å²) >= 11 is 0. The van der Waals surface area contributed by atoms with Gasteiger partial charge in [0.1, 0.15) is 17.2 Å². The molecule has 1 aliphatic rings. The Labute approximate surface area is 209 Å². The molecule has 186 valence electrons. The van der Waals surface area contributed by atoms with Gasteiger partial charge in [-0.15, -0.1) is 0 Å². The van der Waals surface area contributed by atoms with Crippen molar-refractivity contribution in [3.63, 3.8) is 0 Å². The number of amides is 1. The number of benzene rings is 2. The van der Waals surface area contributed by atoms with Gasteiger partial charge in [0.05, 0.1) is 25.8 Å². The summed E-state index contributed by atoms with van der Waals surface area (Å²) in [5.41, 5.74) is 4.72. The van der Waals surface area contributed by atoms with E-state index in [0.717, 1.165) is 54.4 Å². The van der Waals surface area contributed by atoms with Crippen LogP contribution in [-0.4, -0.2) is 46.7 Å².